The summed E-state index contributed by atoms with van der Waals surface area (Å²) in [5.41, 5.74) is 9.12. The van der Waals surface area contributed by atoms with Crippen LogP contribution in [0.4, 0.5) is 13.2 Å². The number of hydrogen-bond donors (Lipinski definition) is 5. The summed E-state index contributed by atoms with van der Waals surface area (Å²) in [6.45, 7) is 2.78. The van der Waals surface area contributed by atoms with Crippen molar-refractivity contribution in [2.24, 2.45) is 5.73 Å². The minimum Gasteiger partial charge on any atom is -0.434 e. The first-order valence-electron chi connectivity index (χ1n) is 13.8. The summed E-state index contributed by atoms with van der Waals surface area (Å²) in [5, 5.41) is 32.6. The van der Waals surface area contributed by atoms with Gasteiger partial charge in [0.05, 0.1) is 29.1 Å². The Balaban J connectivity index is 0.000000333. The zero-order valence-electron chi connectivity index (χ0n) is 23.7. The Kier molecular flexibility index (Phi) is 9.65. The molecule has 2 bridgehead atoms. The third kappa shape index (κ3) is 6.94. The normalized spacial score (nSPS) is 17.5. The summed E-state index contributed by atoms with van der Waals surface area (Å²) < 4.78 is 46.2. The molecule has 3 atom stereocenters. The van der Waals surface area contributed by atoms with Crippen molar-refractivity contribution >= 4 is 11.4 Å². The molecular weight excluding hydrogens is 569 g/mol. The number of rotatable bonds is 6. The van der Waals surface area contributed by atoms with E-state index >= 15 is 0 Å². The lowest BCUT2D eigenvalue weighted by Crippen LogP contribution is -2.36. The Morgan fingerprint density at radius 3 is 2.56 bits per heavy atom. The summed E-state index contributed by atoms with van der Waals surface area (Å²) in [6, 6.07) is 6.91. The molecule has 1 aromatic carbocycles. The molecule has 43 heavy (non-hydrogen) atoms. The van der Waals surface area contributed by atoms with Crippen LogP contribution in [0.15, 0.2) is 49.1 Å². The zero-order valence-corrected chi connectivity index (χ0v) is 23.7. The van der Waals surface area contributed by atoms with E-state index in [1.807, 2.05) is 13.8 Å². The highest BCUT2D eigenvalue weighted by Gasteiger charge is 2.43. The van der Waals surface area contributed by atoms with E-state index in [9.17, 15) is 18.0 Å². The number of alkyl halides is 2. The average molecular weight is 603 g/mol. The fourth-order valence-electron chi connectivity index (χ4n) is 5.21. The van der Waals surface area contributed by atoms with Gasteiger partial charge in [0, 0.05) is 46.8 Å². The van der Waals surface area contributed by atoms with Crippen LogP contribution in [0.5, 0.6) is 5.75 Å². The fourth-order valence-corrected chi connectivity index (χ4v) is 5.21. The van der Waals surface area contributed by atoms with Gasteiger partial charge in [-0.2, -0.15) is 13.9 Å². The number of amides is 1. The topological polar surface area (TPSA) is 168 Å². The maximum absolute atomic E-state index is 13.7. The summed E-state index contributed by atoms with van der Waals surface area (Å²) in [5.74, 6) is -3.87. The van der Waals surface area contributed by atoms with Crippen LogP contribution in [0.25, 0.3) is 16.8 Å². The molecule has 6 rings (SSSR count). The van der Waals surface area contributed by atoms with E-state index in [2.05, 4.69) is 20.4 Å². The number of pyridine rings is 1. The zero-order chi connectivity index (χ0) is 31.5. The van der Waals surface area contributed by atoms with Gasteiger partial charge in [0.25, 0.3) is 11.9 Å². The van der Waals surface area contributed by atoms with Crippen molar-refractivity contribution in [1.82, 2.24) is 24.9 Å². The van der Waals surface area contributed by atoms with Gasteiger partial charge in [0.15, 0.2) is 0 Å². The molecule has 0 fully saturated rings. The van der Waals surface area contributed by atoms with Gasteiger partial charge in [-0.05, 0) is 37.1 Å². The summed E-state index contributed by atoms with van der Waals surface area (Å²) >= 11 is 0. The lowest BCUT2D eigenvalue weighted by Gasteiger charge is -2.19. The van der Waals surface area contributed by atoms with Crippen molar-refractivity contribution in [2.75, 3.05) is 0 Å². The second-order valence-electron chi connectivity index (χ2n) is 9.85. The van der Waals surface area contributed by atoms with Gasteiger partial charge in [0.2, 0.25) is 0 Å². The van der Waals surface area contributed by atoms with Crippen molar-refractivity contribution in [1.29, 1.82) is 0 Å². The predicted octanol–water partition coefficient (Wildman–Crippen LogP) is 3.62. The fraction of sp³-hybridized carbons (Fsp3) is 0.379. The Bertz CT molecular complexity index is 1590. The van der Waals surface area contributed by atoms with Gasteiger partial charge in [-0.1, -0.05) is 26.8 Å². The van der Waals surface area contributed by atoms with Crippen molar-refractivity contribution in [3.8, 4) is 17.0 Å². The first kappa shape index (κ1) is 31.8. The van der Waals surface area contributed by atoms with Crippen LogP contribution in [0, 0.1) is 5.82 Å². The third-order valence-corrected chi connectivity index (χ3v) is 6.99. The molecule has 3 aromatic heterocycles. The minimum atomic E-state index is -3.02. The van der Waals surface area contributed by atoms with Crippen LogP contribution in [0.3, 0.4) is 0 Å². The summed E-state index contributed by atoms with van der Waals surface area (Å²) in [6.07, 6.45) is 4.99. The van der Waals surface area contributed by atoms with Gasteiger partial charge < -0.3 is 31.1 Å². The number of carbonyl (C=O) groups excluding carboxylic acids is 1. The molecule has 0 spiro atoms. The molecule has 0 radical (unpaired) electrons. The molecular formula is C29H33F3N6O5. The van der Waals surface area contributed by atoms with E-state index in [-0.39, 0.29) is 30.2 Å². The number of aliphatic hydroxyl groups is 3. The second-order valence-corrected chi connectivity index (χ2v) is 9.85. The van der Waals surface area contributed by atoms with Crippen molar-refractivity contribution in [3.05, 3.63) is 77.3 Å². The highest BCUT2D eigenvalue weighted by molar-refractivity contribution is 5.98. The number of nitrogens with two attached hydrogens (primary N) is 1. The van der Waals surface area contributed by atoms with E-state index in [1.165, 1.54) is 30.7 Å². The molecule has 14 heteroatoms. The van der Waals surface area contributed by atoms with Gasteiger partial charge >= 0.3 is 6.61 Å². The molecule has 4 aromatic rings. The molecule has 1 amide bonds. The van der Waals surface area contributed by atoms with Gasteiger partial charge in [-0.15, -0.1) is 0 Å². The highest BCUT2D eigenvalue weighted by Crippen LogP contribution is 2.51. The Morgan fingerprint density at radius 1 is 1.19 bits per heavy atom. The Hall–Kier alpha value is -4.11. The van der Waals surface area contributed by atoms with Gasteiger partial charge in [-0.3, -0.25) is 9.78 Å². The molecule has 230 valence electrons. The molecule has 4 heterocycles. The van der Waals surface area contributed by atoms with E-state index in [0.29, 0.717) is 46.4 Å². The Labute approximate surface area is 245 Å². The Morgan fingerprint density at radius 2 is 1.93 bits per heavy atom. The summed E-state index contributed by atoms with van der Waals surface area (Å²) in [4.78, 5) is 21.0. The smallest absolute Gasteiger partial charge is 0.387 e. The maximum Gasteiger partial charge on any atom is 0.387 e. The number of hydrogen-bond acceptors (Lipinski definition) is 9. The molecule has 2 aliphatic rings. The monoisotopic (exact) mass is 602 g/mol. The van der Waals surface area contributed by atoms with Crippen LogP contribution < -0.4 is 15.8 Å². The van der Waals surface area contributed by atoms with Gasteiger partial charge in [-0.25, -0.2) is 13.9 Å². The number of nitrogens with zero attached hydrogens (tertiary/aromatic N) is 4. The molecule has 0 saturated carbocycles. The van der Waals surface area contributed by atoms with Crippen LogP contribution in [-0.2, 0) is 0 Å². The average Bonchev–Trinajstić information content (AvgIpc) is 3.45. The quantitative estimate of drug-likeness (QED) is 0.207. The SMILES string of the molecule is CC.CCC(N)CC(O)(O)O.O=C1NC2CC(c3c(OC(F)F)cccc31)c1c2nn2cnc(-c3cncc(F)c3)cc12. The number of aromatic nitrogens is 4. The maximum atomic E-state index is 13.7. The number of carbonyl (C=O) groups is 1. The lowest BCUT2D eigenvalue weighted by molar-refractivity contribution is -0.316. The number of nitrogens with one attached hydrogen (secondary N) is 1. The van der Waals surface area contributed by atoms with Crippen molar-refractivity contribution < 1.29 is 38.0 Å². The number of fused-ring (bicyclic) bond motifs is 9. The van der Waals surface area contributed by atoms with Crippen LogP contribution in [-0.4, -0.2) is 59.4 Å². The first-order valence-corrected chi connectivity index (χ1v) is 13.8. The van der Waals surface area contributed by atoms with E-state index < -0.39 is 24.3 Å². The van der Waals surface area contributed by atoms with E-state index in [0.717, 1.165) is 11.8 Å². The predicted molar refractivity (Wildman–Crippen MR) is 150 cm³/mol. The van der Waals surface area contributed by atoms with E-state index in [1.54, 1.807) is 23.6 Å². The standard InChI is InChI=1S/C22H14F3N5O2.C5H13NO3.C2H6/c23-11-4-10(7-26-8-11)14-6-16-19-13-5-15(20(19)29-30(16)9-27-14)28-21(31)12-2-1-3-17(18(12)13)32-22(24)25;1-2-4(6)3-5(7,8)9;1-2/h1-4,6-9,13,15,22H,5H2,(H,28,31);4,7-9H,2-3,6H2,1H3;1-2H3. The van der Waals surface area contributed by atoms with Crippen LogP contribution >= 0.6 is 0 Å². The molecule has 11 nitrogen and oxygen atoms in total. The molecule has 3 unspecified atom stereocenters. The number of halogens is 3. The van der Waals surface area contributed by atoms with Crippen LogP contribution in [0.2, 0.25) is 0 Å². The third-order valence-electron chi connectivity index (χ3n) is 6.99. The molecule has 6 N–H and O–H groups in total. The first-order chi connectivity index (χ1) is 20.4. The molecule has 1 aliphatic carbocycles. The summed E-state index contributed by atoms with van der Waals surface area (Å²) in [7, 11) is 0. The van der Waals surface area contributed by atoms with Crippen molar-refractivity contribution in [3.63, 3.8) is 0 Å². The largest absolute Gasteiger partial charge is 0.434 e. The van der Waals surface area contributed by atoms with Crippen molar-refractivity contribution in [2.45, 2.75) is 70.6 Å². The minimum absolute atomic E-state index is 0.0332. The number of ether oxygens (including phenoxy) is 1. The highest BCUT2D eigenvalue weighted by atomic mass is 19.3. The molecule has 1 aliphatic heterocycles. The van der Waals surface area contributed by atoms with Gasteiger partial charge in [0.1, 0.15) is 17.9 Å². The molecule has 0 saturated heterocycles. The lowest BCUT2D eigenvalue weighted by atomic mass is 9.89. The van der Waals surface area contributed by atoms with E-state index in [4.69, 9.17) is 25.8 Å². The second kappa shape index (κ2) is 13.0. The number of benzene rings is 1. The van der Waals surface area contributed by atoms with Crippen LogP contribution in [0.1, 0.15) is 79.2 Å².